The van der Waals surface area contributed by atoms with Crippen molar-refractivity contribution in [1.29, 1.82) is 0 Å². The van der Waals surface area contributed by atoms with Crippen LogP contribution < -0.4 is 0 Å². The molecule has 0 aromatic heterocycles. The average Bonchev–Trinajstić information content (AvgIpc) is 2.14. The summed E-state index contributed by atoms with van der Waals surface area (Å²) in [7, 11) is -1.44. The molecule has 1 rings (SSSR count). The summed E-state index contributed by atoms with van der Waals surface area (Å²) in [5.74, 6) is 0. The summed E-state index contributed by atoms with van der Waals surface area (Å²) in [6.45, 7) is 9.18. The van der Waals surface area contributed by atoms with Crippen LogP contribution in [-0.4, -0.2) is 14.4 Å². The summed E-state index contributed by atoms with van der Waals surface area (Å²) in [6, 6.07) is 0. The second kappa shape index (κ2) is 6.71. The molecule has 17 heavy (non-hydrogen) atoms. The molecule has 1 aliphatic carbocycles. The zero-order valence-electron chi connectivity index (χ0n) is 11.8. The third-order valence-electron chi connectivity index (χ3n) is 3.71. The molecule has 100 valence electrons. The molecule has 0 saturated heterocycles. The topological polar surface area (TPSA) is 9.23 Å². The quantitative estimate of drug-likeness (QED) is 0.426. The Morgan fingerprint density at radius 3 is 2.35 bits per heavy atom. The fraction of sp³-hybridized carbons (Fsp3) is 0.857. The Labute approximate surface area is 122 Å². The molecule has 0 aromatic carbocycles. The fourth-order valence-corrected chi connectivity index (χ4v) is 4.12. The van der Waals surface area contributed by atoms with E-state index in [2.05, 4.69) is 59.3 Å². The summed E-state index contributed by atoms with van der Waals surface area (Å²) in [6.07, 6.45) is 10.8. The second-order valence-electron chi connectivity index (χ2n) is 6.29. The number of unbranched alkanes of at least 4 members (excludes halogenated alkanes) is 1. The highest BCUT2D eigenvalue weighted by atomic mass is 127. The lowest BCUT2D eigenvalue weighted by Crippen LogP contribution is -2.46. The third-order valence-corrected chi connectivity index (χ3v) is 5.09. The van der Waals surface area contributed by atoms with Crippen LogP contribution in [-0.2, 0) is 4.43 Å². The van der Waals surface area contributed by atoms with E-state index in [1.807, 2.05) is 0 Å². The lowest BCUT2D eigenvalue weighted by molar-refractivity contribution is -0.00330. The molecule has 3 heteroatoms. The van der Waals surface area contributed by atoms with Gasteiger partial charge in [0.05, 0.1) is 6.10 Å². The van der Waals surface area contributed by atoms with Gasteiger partial charge in [0.25, 0.3) is 0 Å². The van der Waals surface area contributed by atoms with Crippen molar-refractivity contribution in [2.45, 2.75) is 71.2 Å². The Morgan fingerprint density at radius 2 is 2.00 bits per heavy atom. The Bertz CT molecular complexity index is 253. The van der Waals surface area contributed by atoms with Crippen molar-refractivity contribution in [2.75, 3.05) is 0 Å². The summed E-state index contributed by atoms with van der Waals surface area (Å²) in [5.41, 5.74) is 0.470. The highest BCUT2D eigenvalue weighted by Crippen LogP contribution is 2.50. The maximum atomic E-state index is 6.43. The van der Waals surface area contributed by atoms with Gasteiger partial charge in [0.15, 0.2) is 8.32 Å². The fourth-order valence-electron chi connectivity index (χ4n) is 2.65. The maximum absolute atomic E-state index is 6.43. The zero-order chi connectivity index (χ0) is 12.9. The van der Waals surface area contributed by atoms with Crippen LogP contribution in [0.1, 0.15) is 45.4 Å². The van der Waals surface area contributed by atoms with Crippen LogP contribution in [0.5, 0.6) is 0 Å². The van der Waals surface area contributed by atoms with Gasteiger partial charge < -0.3 is 4.43 Å². The number of halogens is 1. The van der Waals surface area contributed by atoms with Crippen molar-refractivity contribution >= 4 is 30.9 Å². The van der Waals surface area contributed by atoms with E-state index in [1.165, 1.54) is 38.5 Å². The molecule has 0 heterocycles. The van der Waals surface area contributed by atoms with Gasteiger partial charge in [-0.25, -0.2) is 0 Å². The SMILES string of the molecule is CCCCC1(C(/C=C/I)O[Si](C)(C)C)CCC1. The molecule has 0 amide bonds. The highest BCUT2D eigenvalue weighted by molar-refractivity contribution is 14.1. The van der Waals surface area contributed by atoms with Crippen molar-refractivity contribution in [1.82, 2.24) is 0 Å². The van der Waals surface area contributed by atoms with E-state index in [-0.39, 0.29) is 0 Å². The molecule has 1 atom stereocenters. The van der Waals surface area contributed by atoms with E-state index in [4.69, 9.17) is 4.43 Å². The molecule has 1 saturated carbocycles. The van der Waals surface area contributed by atoms with E-state index < -0.39 is 8.32 Å². The van der Waals surface area contributed by atoms with Crippen LogP contribution >= 0.6 is 22.6 Å². The maximum Gasteiger partial charge on any atom is 0.184 e. The minimum absolute atomic E-state index is 0.367. The van der Waals surface area contributed by atoms with Gasteiger partial charge in [0.2, 0.25) is 0 Å². The third kappa shape index (κ3) is 4.67. The van der Waals surface area contributed by atoms with Gasteiger partial charge in [0, 0.05) is 0 Å². The van der Waals surface area contributed by atoms with Crippen LogP contribution in [0.4, 0.5) is 0 Å². The molecular weight excluding hydrogens is 339 g/mol. The van der Waals surface area contributed by atoms with Crippen LogP contribution in [0.3, 0.4) is 0 Å². The Kier molecular flexibility index (Phi) is 6.20. The first kappa shape index (κ1) is 15.7. The highest BCUT2D eigenvalue weighted by Gasteiger charge is 2.44. The number of hydrogen-bond acceptors (Lipinski definition) is 1. The predicted octanol–water partition coefficient (Wildman–Crippen LogP) is 5.52. The standard InChI is InChI=1S/C14H27IOSi/c1-5-6-9-14(10-7-11-14)13(8-12-15)16-17(2,3)4/h8,12-13H,5-7,9-11H2,1-4H3/b12-8+. The number of hydrogen-bond donors (Lipinski definition) is 0. The summed E-state index contributed by atoms with van der Waals surface area (Å²) in [4.78, 5) is 0. The Balaban J connectivity index is 2.72. The van der Waals surface area contributed by atoms with Gasteiger partial charge >= 0.3 is 0 Å². The Morgan fingerprint density at radius 1 is 1.35 bits per heavy atom. The largest absolute Gasteiger partial charge is 0.411 e. The zero-order valence-corrected chi connectivity index (χ0v) is 14.9. The second-order valence-corrected chi connectivity index (χ2v) is 11.5. The van der Waals surface area contributed by atoms with Gasteiger partial charge in [0.1, 0.15) is 0 Å². The van der Waals surface area contributed by atoms with Crippen LogP contribution in [0.25, 0.3) is 0 Å². The molecular formula is C14H27IOSi. The first-order valence-corrected chi connectivity index (χ1v) is 11.5. The van der Waals surface area contributed by atoms with Crippen molar-refractivity contribution in [2.24, 2.45) is 5.41 Å². The average molecular weight is 366 g/mol. The van der Waals surface area contributed by atoms with E-state index >= 15 is 0 Å². The minimum Gasteiger partial charge on any atom is -0.411 e. The van der Waals surface area contributed by atoms with Crippen molar-refractivity contribution in [3.63, 3.8) is 0 Å². The molecule has 1 fully saturated rings. The predicted molar refractivity (Wildman–Crippen MR) is 87.2 cm³/mol. The first-order chi connectivity index (χ1) is 7.93. The van der Waals surface area contributed by atoms with Crippen molar-refractivity contribution in [3.05, 3.63) is 10.2 Å². The van der Waals surface area contributed by atoms with Gasteiger partial charge in [-0.05, 0) is 48.4 Å². The van der Waals surface area contributed by atoms with Gasteiger partial charge in [-0.1, -0.05) is 54.9 Å². The monoisotopic (exact) mass is 366 g/mol. The molecule has 1 unspecified atom stereocenters. The first-order valence-electron chi connectivity index (χ1n) is 6.88. The van der Waals surface area contributed by atoms with Gasteiger partial charge in [-0.2, -0.15) is 0 Å². The number of rotatable bonds is 7. The molecule has 0 radical (unpaired) electrons. The summed E-state index contributed by atoms with van der Waals surface area (Å²) < 4.78 is 8.58. The molecule has 0 aromatic rings. The molecule has 1 nitrogen and oxygen atoms in total. The van der Waals surface area contributed by atoms with Crippen LogP contribution in [0.2, 0.25) is 19.6 Å². The van der Waals surface area contributed by atoms with Crippen LogP contribution in [0, 0.1) is 5.41 Å². The van der Waals surface area contributed by atoms with E-state index in [0.29, 0.717) is 11.5 Å². The summed E-state index contributed by atoms with van der Waals surface area (Å²) >= 11 is 2.33. The lowest BCUT2D eigenvalue weighted by Gasteiger charge is -2.48. The van der Waals surface area contributed by atoms with E-state index in [0.717, 1.165) is 0 Å². The molecule has 0 spiro atoms. The molecule has 0 bridgehead atoms. The van der Waals surface area contributed by atoms with Crippen LogP contribution in [0.15, 0.2) is 10.2 Å². The normalized spacial score (nSPS) is 21.5. The summed E-state index contributed by atoms with van der Waals surface area (Å²) in [5, 5.41) is 0. The molecule has 0 N–H and O–H groups in total. The molecule has 0 aliphatic heterocycles. The van der Waals surface area contributed by atoms with Crippen molar-refractivity contribution in [3.8, 4) is 0 Å². The van der Waals surface area contributed by atoms with Crippen molar-refractivity contribution < 1.29 is 4.43 Å². The minimum atomic E-state index is -1.44. The van der Waals surface area contributed by atoms with E-state index in [1.54, 1.807) is 0 Å². The molecule has 1 aliphatic rings. The van der Waals surface area contributed by atoms with Gasteiger partial charge in [-0.3, -0.25) is 0 Å². The smallest absolute Gasteiger partial charge is 0.184 e. The lowest BCUT2D eigenvalue weighted by atomic mass is 9.62. The van der Waals surface area contributed by atoms with Gasteiger partial charge in [-0.15, -0.1) is 0 Å². The Hall–Kier alpha value is 0.647. The van der Waals surface area contributed by atoms with E-state index in [9.17, 15) is 0 Å².